The van der Waals surface area contributed by atoms with Crippen LogP contribution in [-0.2, 0) is 6.54 Å². The summed E-state index contributed by atoms with van der Waals surface area (Å²) in [5, 5.41) is 18.8. The van der Waals surface area contributed by atoms with Crippen LogP contribution in [0.15, 0.2) is 29.1 Å². The first-order chi connectivity index (χ1) is 10.8. The highest BCUT2D eigenvalue weighted by molar-refractivity contribution is 5.70. The number of nitrogens with zero attached hydrogens (tertiary/aromatic N) is 2. The molecule has 7 nitrogen and oxygen atoms in total. The highest BCUT2D eigenvalue weighted by Gasteiger charge is 2.20. The van der Waals surface area contributed by atoms with Gasteiger partial charge in [0.25, 0.3) is 0 Å². The fourth-order valence-corrected chi connectivity index (χ4v) is 2.82. The number of rotatable bonds is 5. The highest BCUT2D eigenvalue weighted by atomic mass is 16.3. The molecule has 0 saturated carbocycles. The molecular formula is C15H21N5O2. The molecule has 1 aliphatic heterocycles. The van der Waals surface area contributed by atoms with Gasteiger partial charge in [-0.3, -0.25) is 4.98 Å². The maximum absolute atomic E-state index is 11.0. The van der Waals surface area contributed by atoms with E-state index in [9.17, 15) is 9.90 Å². The number of anilines is 2. The fraction of sp³-hybridized carbons (Fsp3) is 0.467. The summed E-state index contributed by atoms with van der Waals surface area (Å²) in [4.78, 5) is 16.0. The van der Waals surface area contributed by atoms with Gasteiger partial charge in [-0.1, -0.05) is 12.1 Å². The molecule has 0 aliphatic carbocycles. The molecule has 7 heteroatoms. The maximum atomic E-state index is 11.0. The number of para-hydroxylation sites is 2. The monoisotopic (exact) mass is 303 g/mol. The molecule has 1 aliphatic rings. The maximum Gasteiger partial charge on any atom is 0.340 e. The molecule has 1 saturated heterocycles. The molecule has 0 atom stereocenters. The second kappa shape index (κ2) is 6.65. The van der Waals surface area contributed by atoms with Crippen LogP contribution < -0.4 is 15.9 Å². The van der Waals surface area contributed by atoms with Crippen LogP contribution in [0.25, 0.3) is 0 Å². The van der Waals surface area contributed by atoms with Crippen molar-refractivity contribution in [3.63, 3.8) is 0 Å². The molecule has 3 rings (SSSR count). The smallest absolute Gasteiger partial charge is 0.340 e. The Kier molecular flexibility index (Phi) is 4.43. The summed E-state index contributed by atoms with van der Waals surface area (Å²) >= 11 is 0. The SMILES string of the molecule is O=c1[nH]nc(CNc2ccccc2N2CCC(CO)CC2)[nH]1. The van der Waals surface area contributed by atoms with Crippen LogP contribution in [-0.4, -0.2) is 40.0 Å². The molecule has 0 bridgehead atoms. The predicted molar refractivity (Wildman–Crippen MR) is 85.0 cm³/mol. The molecule has 0 amide bonds. The Morgan fingerprint density at radius 3 is 2.77 bits per heavy atom. The number of H-pyrrole nitrogens is 2. The molecule has 0 unspecified atom stereocenters. The predicted octanol–water partition coefficient (Wildman–Crippen LogP) is 0.919. The third kappa shape index (κ3) is 3.30. The van der Waals surface area contributed by atoms with Gasteiger partial charge in [-0.15, -0.1) is 0 Å². The second-order valence-electron chi connectivity index (χ2n) is 5.61. The van der Waals surface area contributed by atoms with Gasteiger partial charge in [0.1, 0.15) is 5.82 Å². The topological polar surface area (TPSA) is 97.0 Å². The minimum absolute atomic E-state index is 0.278. The normalized spacial score (nSPS) is 16.0. The lowest BCUT2D eigenvalue weighted by molar-refractivity contribution is 0.203. The number of benzene rings is 1. The van der Waals surface area contributed by atoms with E-state index in [0.717, 1.165) is 37.3 Å². The largest absolute Gasteiger partial charge is 0.396 e. The summed E-state index contributed by atoms with van der Waals surface area (Å²) in [5.41, 5.74) is 1.88. The molecule has 2 aromatic rings. The molecule has 4 N–H and O–H groups in total. The molecule has 0 spiro atoms. The zero-order chi connectivity index (χ0) is 15.4. The summed E-state index contributed by atoms with van der Waals surface area (Å²) < 4.78 is 0. The minimum Gasteiger partial charge on any atom is -0.396 e. The Morgan fingerprint density at radius 2 is 2.09 bits per heavy atom. The van der Waals surface area contributed by atoms with Crippen molar-refractivity contribution in [3.05, 3.63) is 40.6 Å². The van der Waals surface area contributed by atoms with Crippen LogP contribution in [0, 0.1) is 5.92 Å². The van der Waals surface area contributed by atoms with Crippen molar-refractivity contribution < 1.29 is 5.11 Å². The number of hydrogen-bond donors (Lipinski definition) is 4. The number of hydrogen-bond acceptors (Lipinski definition) is 5. The summed E-state index contributed by atoms with van der Waals surface area (Å²) in [6, 6.07) is 8.13. The van der Waals surface area contributed by atoms with Crippen molar-refractivity contribution in [2.24, 2.45) is 5.92 Å². The summed E-state index contributed by atoms with van der Waals surface area (Å²) in [6.45, 7) is 2.63. The van der Waals surface area contributed by atoms with Crippen molar-refractivity contribution in [1.29, 1.82) is 0 Å². The third-order valence-electron chi connectivity index (χ3n) is 4.11. The van der Waals surface area contributed by atoms with Crippen LogP contribution in [0.5, 0.6) is 0 Å². The zero-order valence-electron chi connectivity index (χ0n) is 12.4. The van der Waals surface area contributed by atoms with Gasteiger partial charge >= 0.3 is 5.69 Å². The second-order valence-corrected chi connectivity index (χ2v) is 5.61. The van der Waals surface area contributed by atoms with E-state index in [2.05, 4.69) is 31.5 Å². The van der Waals surface area contributed by atoms with Gasteiger partial charge in [0.15, 0.2) is 0 Å². The number of aliphatic hydroxyl groups excluding tert-OH is 1. The molecule has 1 aromatic carbocycles. The van der Waals surface area contributed by atoms with Crippen molar-refractivity contribution >= 4 is 11.4 Å². The molecule has 118 valence electrons. The average Bonchev–Trinajstić information content (AvgIpc) is 2.99. The lowest BCUT2D eigenvalue weighted by Crippen LogP contribution is -2.35. The van der Waals surface area contributed by atoms with E-state index < -0.39 is 0 Å². The van der Waals surface area contributed by atoms with E-state index in [-0.39, 0.29) is 12.3 Å². The van der Waals surface area contributed by atoms with Crippen molar-refractivity contribution in [2.75, 3.05) is 29.9 Å². The standard InChI is InChI=1S/C15H21N5O2/c21-10-11-5-7-20(8-6-11)13-4-2-1-3-12(13)16-9-14-17-15(22)19-18-14/h1-4,11,16,21H,5-10H2,(H2,17,18,19,22). The Labute approximate surface area is 128 Å². The van der Waals surface area contributed by atoms with E-state index >= 15 is 0 Å². The van der Waals surface area contributed by atoms with Gasteiger partial charge in [-0.05, 0) is 30.9 Å². The lowest BCUT2D eigenvalue weighted by atomic mass is 9.97. The molecule has 0 radical (unpaired) electrons. The number of aromatic nitrogens is 3. The first-order valence-electron chi connectivity index (χ1n) is 7.58. The average molecular weight is 303 g/mol. The lowest BCUT2D eigenvalue weighted by Gasteiger charge is -2.34. The quantitative estimate of drug-likeness (QED) is 0.658. The Bertz CT molecular complexity index is 658. The van der Waals surface area contributed by atoms with Crippen molar-refractivity contribution in [2.45, 2.75) is 19.4 Å². The van der Waals surface area contributed by atoms with Crippen LogP contribution in [0.2, 0.25) is 0 Å². The molecule has 1 fully saturated rings. The highest BCUT2D eigenvalue weighted by Crippen LogP contribution is 2.29. The zero-order valence-corrected chi connectivity index (χ0v) is 12.4. The van der Waals surface area contributed by atoms with Crippen LogP contribution in [0.1, 0.15) is 18.7 Å². The van der Waals surface area contributed by atoms with Crippen LogP contribution in [0.3, 0.4) is 0 Å². The van der Waals surface area contributed by atoms with E-state index in [1.54, 1.807) is 0 Å². The number of nitrogens with one attached hydrogen (secondary N) is 3. The fourth-order valence-electron chi connectivity index (χ4n) is 2.82. The van der Waals surface area contributed by atoms with Gasteiger partial charge in [0.05, 0.1) is 17.9 Å². The number of piperidine rings is 1. The first kappa shape index (κ1) is 14.6. The molecular weight excluding hydrogens is 282 g/mol. The third-order valence-corrected chi connectivity index (χ3v) is 4.11. The molecule has 1 aromatic heterocycles. The Balaban J connectivity index is 1.68. The van der Waals surface area contributed by atoms with Crippen molar-refractivity contribution in [1.82, 2.24) is 15.2 Å². The van der Waals surface area contributed by atoms with E-state index in [0.29, 0.717) is 18.3 Å². The van der Waals surface area contributed by atoms with Gasteiger partial charge in [-0.2, -0.15) is 5.10 Å². The molecule has 22 heavy (non-hydrogen) atoms. The van der Waals surface area contributed by atoms with Gasteiger partial charge < -0.3 is 15.3 Å². The van der Waals surface area contributed by atoms with E-state index in [4.69, 9.17) is 0 Å². The Hall–Kier alpha value is -2.28. The van der Waals surface area contributed by atoms with Gasteiger partial charge in [0.2, 0.25) is 0 Å². The molecule has 2 heterocycles. The van der Waals surface area contributed by atoms with Crippen LogP contribution >= 0.6 is 0 Å². The van der Waals surface area contributed by atoms with Crippen LogP contribution in [0.4, 0.5) is 11.4 Å². The number of aliphatic hydroxyl groups is 1. The van der Waals surface area contributed by atoms with Gasteiger partial charge in [-0.25, -0.2) is 9.89 Å². The Morgan fingerprint density at radius 1 is 1.32 bits per heavy atom. The summed E-state index contributed by atoms with van der Waals surface area (Å²) in [5.74, 6) is 1.00. The van der Waals surface area contributed by atoms with Crippen molar-refractivity contribution in [3.8, 4) is 0 Å². The summed E-state index contributed by atoms with van der Waals surface area (Å²) in [7, 11) is 0. The summed E-state index contributed by atoms with van der Waals surface area (Å²) in [6.07, 6.45) is 2.02. The minimum atomic E-state index is -0.295. The van der Waals surface area contributed by atoms with E-state index in [1.165, 1.54) is 0 Å². The number of aromatic amines is 2. The van der Waals surface area contributed by atoms with E-state index in [1.807, 2.05) is 18.2 Å². The van der Waals surface area contributed by atoms with Gasteiger partial charge in [0, 0.05) is 19.7 Å². The first-order valence-corrected chi connectivity index (χ1v) is 7.58.